The Labute approximate surface area is 160 Å². The first-order chi connectivity index (χ1) is 11.6. The lowest BCUT2D eigenvalue weighted by atomic mass is 9.74. The maximum Gasteiger partial charge on any atom is 0.133 e. The van der Waals surface area contributed by atoms with Crippen LogP contribution in [0.4, 0.5) is 0 Å². The first kappa shape index (κ1) is 16.7. The van der Waals surface area contributed by atoms with Crippen LogP contribution in [0.3, 0.4) is 0 Å². The quantitative estimate of drug-likeness (QED) is 0.521. The number of phenolic OH excluding ortho intramolecular Hbond substituents is 1. The molecule has 4 rings (SSSR count). The molecule has 0 amide bonds. The van der Waals surface area contributed by atoms with E-state index in [0.717, 1.165) is 30.2 Å². The maximum atomic E-state index is 10.9. The topological polar surface area (TPSA) is 20.2 Å². The van der Waals surface area contributed by atoms with Crippen LogP contribution in [0, 0.1) is 6.92 Å². The van der Waals surface area contributed by atoms with Crippen LogP contribution in [0.5, 0.6) is 5.75 Å². The van der Waals surface area contributed by atoms with Crippen molar-refractivity contribution in [3.63, 3.8) is 0 Å². The summed E-state index contributed by atoms with van der Waals surface area (Å²) in [5.74, 6) is 0.791. The van der Waals surface area contributed by atoms with Gasteiger partial charge in [-0.15, -0.1) is 0 Å². The van der Waals surface area contributed by atoms with Gasteiger partial charge in [0, 0.05) is 16.0 Å². The highest BCUT2D eigenvalue weighted by Gasteiger charge is 2.30. The Kier molecular flexibility index (Phi) is 4.51. The van der Waals surface area contributed by atoms with Crippen molar-refractivity contribution in [2.45, 2.75) is 57.8 Å². The molecule has 2 aromatic carbocycles. The van der Waals surface area contributed by atoms with E-state index >= 15 is 0 Å². The van der Waals surface area contributed by atoms with Crippen LogP contribution >= 0.6 is 31.9 Å². The highest BCUT2D eigenvalue weighted by atomic mass is 79.9. The molecule has 0 unspecified atom stereocenters. The van der Waals surface area contributed by atoms with E-state index in [2.05, 4.69) is 57.0 Å². The third-order valence-corrected chi connectivity index (χ3v) is 7.16. The molecular weight excluding hydrogens is 428 g/mol. The molecule has 1 nitrogen and oxygen atoms in total. The molecule has 0 radical (unpaired) electrons. The first-order valence-electron chi connectivity index (χ1n) is 8.88. The van der Waals surface area contributed by atoms with E-state index in [1.54, 1.807) is 0 Å². The number of phenols is 1. The molecule has 0 saturated heterocycles. The molecule has 1 atom stereocenters. The number of halogens is 2. The van der Waals surface area contributed by atoms with Gasteiger partial charge in [-0.3, -0.25) is 0 Å². The van der Waals surface area contributed by atoms with Crippen molar-refractivity contribution in [2.24, 2.45) is 0 Å². The van der Waals surface area contributed by atoms with Crippen LogP contribution in [0.25, 0.3) is 0 Å². The predicted molar refractivity (Wildman–Crippen MR) is 106 cm³/mol. The zero-order valence-electron chi connectivity index (χ0n) is 14.0. The van der Waals surface area contributed by atoms with Crippen LogP contribution in [-0.2, 0) is 19.3 Å². The average Bonchev–Trinajstić information content (AvgIpc) is 2.57. The van der Waals surface area contributed by atoms with E-state index in [-0.39, 0.29) is 0 Å². The third kappa shape index (κ3) is 2.74. The summed E-state index contributed by atoms with van der Waals surface area (Å²) in [6.45, 7) is 2.16. The van der Waals surface area contributed by atoms with Gasteiger partial charge in [-0.05, 0) is 108 Å². The monoisotopic (exact) mass is 448 g/mol. The number of aryl methyl sites for hydroxylation is 3. The Balaban J connectivity index is 1.92. The van der Waals surface area contributed by atoms with Gasteiger partial charge >= 0.3 is 0 Å². The summed E-state index contributed by atoms with van der Waals surface area (Å²) < 4.78 is 2.06. The Morgan fingerprint density at radius 3 is 2.46 bits per heavy atom. The number of aromatic hydroxyl groups is 1. The fraction of sp³-hybridized carbons (Fsp3) is 0.429. The molecule has 0 spiro atoms. The van der Waals surface area contributed by atoms with E-state index in [4.69, 9.17) is 0 Å². The van der Waals surface area contributed by atoms with Gasteiger partial charge in [0.05, 0.1) is 4.47 Å². The van der Waals surface area contributed by atoms with Crippen molar-refractivity contribution >= 4 is 31.9 Å². The van der Waals surface area contributed by atoms with E-state index < -0.39 is 0 Å². The van der Waals surface area contributed by atoms with Crippen LogP contribution in [0.2, 0.25) is 0 Å². The van der Waals surface area contributed by atoms with Gasteiger partial charge in [0.15, 0.2) is 0 Å². The SMILES string of the molecule is Cc1cc2c(cc1Br)CCC[C@@H]2c1c(O)c(Br)cc2c1CCCC2. The second kappa shape index (κ2) is 6.49. The second-order valence-corrected chi connectivity index (χ2v) is 8.92. The Hall–Kier alpha value is -0.800. The Bertz CT molecular complexity index is 810. The minimum absolute atomic E-state index is 0.324. The minimum atomic E-state index is 0.324. The van der Waals surface area contributed by atoms with Crippen LogP contribution in [0.1, 0.15) is 65.0 Å². The summed E-state index contributed by atoms with van der Waals surface area (Å²) in [6.07, 6.45) is 8.20. The minimum Gasteiger partial charge on any atom is -0.506 e. The Morgan fingerprint density at radius 2 is 1.62 bits per heavy atom. The number of benzene rings is 2. The number of hydrogen-bond acceptors (Lipinski definition) is 1. The van der Waals surface area contributed by atoms with Gasteiger partial charge in [-0.2, -0.15) is 0 Å². The largest absolute Gasteiger partial charge is 0.506 e. The summed E-state index contributed by atoms with van der Waals surface area (Å²) in [5, 5.41) is 10.9. The number of hydrogen-bond donors (Lipinski definition) is 1. The predicted octanol–water partition coefficient (Wildman–Crippen LogP) is 6.57. The lowest BCUT2D eigenvalue weighted by molar-refractivity contribution is 0.452. The van der Waals surface area contributed by atoms with Crippen molar-refractivity contribution in [2.75, 3.05) is 0 Å². The standard InChI is InChI=1S/C21H22Br2O/c1-12-9-17-14(10-18(12)22)6-4-8-16(17)20-15-7-3-2-5-13(15)11-19(23)21(20)24/h9-11,16,24H,2-8H2,1H3/t16-/m0/s1. The highest BCUT2D eigenvalue weighted by molar-refractivity contribution is 9.10. The van der Waals surface area contributed by atoms with Crippen LogP contribution in [0.15, 0.2) is 27.1 Å². The molecular formula is C21H22Br2O. The fourth-order valence-corrected chi connectivity index (χ4v) is 5.38. The zero-order valence-corrected chi connectivity index (χ0v) is 17.1. The molecule has 0 fully saturated rings. The van der Waals surface area contributed by atoms with Crippen molar-refractivity contribution < 1.29 is 5.11 Å². The normalized spacial score (nSPS) is 19.7. The lowest BCUT2D eigenvalue weighted by Gasteiger charge is -2.31. The second-order valence-electron chi connectivity index (χ2n) is 7.21. The third-order valence-electron chi connectivity index (χ3n) is 5.70. The van der Waals surface area contributed by atoms with Crippen molar-refractivity contribution in [3.8, 4) is 5.75 Å². The van der Waals surface area contributed by atoms with Gasteiger partial charge < -0.3 is 5.11 Å². The maximum absolute atomic E-state index is 10.9. The molecule has 24 heavy (non-hydrogen) atoms. The molecule has 2 aliphatic carbocycles. The van der Waals surface area contributed by atoms with E-state index in [9.17, 15) is 5.11 Å². The average molecular weight is 450 g/mol. The molecule has 0 heterocycles. The zero-order chi connectivity index (χ0) is 16.8. The molecule has 0 bridgehead atoms. The molecule has 0 aromatic heterocycles. The van der Waals surface area contributed by atoms with Crippen molar-refractivity contribution in [3.05, 3.63) is 60.5 Å². The lowest BCUT2D eigenvalue weighted by Crippen LogP contribution is -2.16. The summed E-state index contributed by atoms with van der Waals surface area (Å²) in [5.41, 5.74) is 8.18. The van der Waals surface area contributed by atoms with Crippen LogP contribution < -0.4 is 0 Å². The summed E-state index contributed by atoms with van der Waals surface area (Å²) in [6, 6.07) is 6.76. The Morgan fingerprint density at radius 1 is 0.917 bits per heavy atom. The van der Waals surface area contributed by atoms with Gasteiger partial charge in [-0.1, -0.05) is 22.0 Å². The van der Waals surface area contributed by atoms with Gasteiger partial charge in [0.1, 0.15) is 5.75 Å². The smallest absolute Gasteiger partial charge is 0.133 e. The van der Waals surface area contributed by atoms with Gasteiger partial charge in [0.2, 0.25) is 0 Å². The van der Waals surface area contributed by atoms with Gasteiger partial charge in [-0.25, -0.2) is 0 Å². The van der Waals surface area contributed by atoms with Crippen molar-refractivity contribution in [1.29, 1.82) is 0 Å². The number of rotatable bonds is 1. The molecule has 2 aliphatic rings. The molecule has 3 heteroatoms. The summed E-state index contributed by atoms with van der Waals surface area (Å²) in [7, 11) is 0. The summed E-state index contributed by atoms with van der Waals surface area (Å²) >= 11 is 7.28. The molecule has 0 saturated carbocycles. The molecule has 126 valence electrons. The van der Waals surface area contributed by atoms with E-state index in [1.807, 2.05) is 0 Å². The fourth-order valence-electron chi connectivity index (χ4n) is 4.50. The highest BCUT2D eigenvalue weighted by Crippen LogP contribution is 2.47. The molecule has 1 N–H and O–H groups in total. The summed E-state index contributed by atoms with van der Waals surface area (Å²) in [4.78, 5) is 0. The van der Waals surface area contributed by atoms with Crippen molar-refractivity contribution in [1.82, 2.24) is 0 Å². The first-order valence-corrected chi connectivity index (χ1v) is 10.5. The van der Waals surface area contributed by atoms with E-state index in [0.29, 0.717) is 11.7 Å². The van der Waals surface area contributed by atoms with Gasteiger partial charge in [0.25, 0.3) is 0 Å². The van der Waals surface area contributed by atoms with E-state index in [1.165, 1.54) is 57.1 Å². The number of fused-ring (bicyclic) bond motifs is 2. The molecule has 0 aliphatic heterocycles. The van der Waals surface area contributed by atoms with Crippen LogP contribution in [-0.4, -0.2) is 5.11 Å². The molecule has 2 aromatic rings.